The Labute approximate surface area is 168 Å². The van der Waals surface area contributed by atoms with Gasteiger partial charge in [-0.2, -0.15) is 0 Å². The molecule has 2 aromatic rings. The number of hydrogen-bond acceptors (Lipinski definition) is 5. The standard InChI is InChI=1S/C22H31N5O/c1-5-17(4)24-22(28)19-15-23-20(18-9-7-8-16(3)14-18)25-21(19)27-12-10-26(6-2)11-13-27/h7-9,14-15,17H,5-6,10-13H2,1-4H3,(H,24,28). The monoisotopic (exact) mass is 381 g/mol. The topological polar surface area (TPSA) is 61.4 Å². The zero-order valence-electron chi connectivity index (χ0n) is 17.4. The maximum absolute atomic E-state index is 12.9. The van der Waals surface area contributed by atoms with Crippen LogP contribution in [0, 0.1) is 6.92 Å². The molecule has 0 radical (unpaired) electrons. The van der Waals surface area contributed by atoms with Crippen LogP contribution in [0.2, 0.25) is 0 Å². The minimum absolute atomic E-state index is 0.0990. The first kappa shape index (κ1) is 20.3. The van der Waals surface area contributed by atoms with E-state index in [0.29, 0.717) is 11.4 Å². The van der Waals surface area contributed by atoms with Crippen LogP contribution in [0.3, 0.4) is 0 Å². The number of carbonyl (C=O) groups excluding carboxylic acids is 1. The molecule has 0 spiro atoms. The second kappa shape index (κ2) is 9.15. The van der Waals surface area contributed by atoms with Gasteiger partial charge in [0.15, 0.2) is 5.82 Å². The second-order valence-corrected chi connectivity index (χ2v) is 7.50. The van der Waals surface area contributed by atoms with Gasteiger partial charge >= 0.3 is 0 Å². The van der Waals surface area contributed by atoms with E-state index in [9.17, 15) is 4.79 Å². The highest BCUT2D eigenvalue weighted by atomic mass is 16.1. The van der Waals surface area contributed by atoms with E-state index in [1.807, 2.05) is 19.1 Å². The number of rotatable bonds is 6. The molecule has 1 aromatic heterocycles. The van der Waals surface area contributed by atoms with Gasteiger partial charge in [-0.05, 0) is 32.9 Å². The number of likely N-dealkylation sites (N-methyl/N-ethyl adjacent to an activating group) is 1. The van der Waals surface area contributed by atoms with Crippen molar-refractivity contribution >= 4 is 11.7 Å². The van der Waals surface area contributed by atoms with Crippen LogP contribution in [0.1, 0.15) is 43.1 Å². The summed E-state index contributed by atoms with van der Waals surface area (Å²) in [5.74, 6) is 1.30. The Morgan fingerprint density at radius 3 is 2.61 bits per heavy atom. The van der Waals surface area contributed by atoms with Crippen molar-refractivity contribution in [3.05, 3.63) is 41.6 Å². The molecule has 6 heteroatoms. The number of aryl methyl sites for hydroxylation is 1. The van der Waals surface area contributed by atoms with E-state index in [0.717, 1.165) is 56.1 Å². The number of benzene rings is 1. The summed E-state index contributed by atoms with van der Waals surface area (Å²) >= 11 is 0. The van der Waals surface area contributed by atoms with Crippen molar-refractivity contribution in [2.24, 2.45) is 0 Å². The van der Waals surface area contributed by atoms with Gasteiger partial charge in [0.1, 0.15) is 11.4 Å². The third-order valence-corrected chi connectivity index (χ3v) is 5.40. The summed E-state index contributed by atoms with van der Waals surface area (Å²) in [6, 6.07) is 8.28. The highest BCUT2D eigenvalue weighted by Crippen LogP contribution is 2.24. The van der Waals surface area contributed by atoms with Gasteiger partial charge in [0.25, 0.3) is 5.91 Å². The van der Waals surface area contributed by atoms with Gasteiger partial charge in [0.2, 0.25) is 0 Å². The van der Waals surface area contributed by atoms with Gasteiger partial charge in [-0.25, -0.2) is 9.97 Å². The average molecular weight is 382 g/mol. The van der Waals surface area contributed by atoms with Crippen LogP contribution in [-0.4, -0.2) is 59.5 Å². The number of anilines is 1. The first-order valence-electron chi connectivity index (χ1n) is 10.2. The normalized spacial score (nSPS) is 16.1. The summed E-state index contributed by atoms with van der Waals surface area (Å²) in [6.45, 7) is 13.0. The van der Waals surface area contributed by atoms with Crippen molar-refractivity contribution in [1.82, 2.24) is 20.2 Å². The first-order chi connectivity index (χ1) is 13.5. The first-order valence-corrected chi connectivity index (χ1v) is 10.2. The molecule has 1 saturated heterocycles. The Morgan fingerprint density at radius 1 is 1.21 bits per heavy atom. The Hall–Kier alpha value is -2.47. The van der Waals surface area contributed by atoms with Crippen molar-refractivity contribution in [2.75, 3.05) is 37.6 Å². The summed E-state index contributed by atoms with van der Waals surface area (Å²) in [6.07, 6.45) is 2.57. The molecule has 1 amide bonds. The van der Waals surface area contributed by atoms with E-state index >= 15 is 0 Å². The quantitative estimate of drug-likeness (QED) is 0.833. The van der Waals surface area contributed by atoms with Gasteiger partial charge in [0.05, 0.1) is 0 Å². The number of carbonyl (C=O) groups is 1. The fraction of sp³-hybridized carbons (Fsp3) is 0.500. The molecule has 1 aliphatic heterocycles. The molecule has 1 fully saturated rings. The molecule has 150 valence electrons. The predicted octanol–water partition coefficient (Wildman–Crippen LogP) is 3.12. The molecule has 1 atom stereocenters. The Morgan fingerprint density at radius 2 is 1.96 bits per heavy atom. The largest absolute Gasteiger partial charge is 0.353 e. The van der Waals surface area contributed by atoms with Gasteiger partial charge in [-0.15, -0.1) is 0 Å². The summed E-state index contributed by atoms with van der Waals surface area (Å²) in [7, 11) is 0. The molecule has 0 bridgehead atoms. The summed E-state index contributed by atoms with van der Waals surface area (Å²) < 4.78 is 0. The lowest BCUT2D eigenvalue weighted by Gasteiger charge is -2.35. The number of aromatic nitrogens is 2. The van der Waals surface area contributed by atoms with E-state index in [2.05, 4.69) is 53.0 Å². The summed E-state index contributed by atoms with van der Waals surface area (Å²) in [5, 5.41) is 3.06. The van der Waals surface area contributed by atoms with E-state index in [1.165, 1.54) is 0 Å². The van der Waals surface area contributed by atoms with Gasteiger partial charge < -0.3 is 15.1 Å². The third-order valence-electron chi connectivity index (χ3n) is 5.40. The molecule has 0 aliphatic carbocycles. The van der Waals surface area contributed by atoms with Crippen LogP contribution in [-0.2, 0) is 0 Å². The number of amides is 1. The average Bonchev–Trinajstić information content (AvgIpc) is 2.73. The van der Waals surface area contributed by atoms with Crippen LogP contribution >= 0.6 is 0 Å². The van der Waals surface area contributed by atoms with Gasteiger partial charge in [-0.3, -0.25) is 4.79 Å². The van der Waals surface area contributed by atoms with Crippen molar-refractivity contribution < 1.29 is 4.79 Å². The summed E-state index contributed by atoms with van der Waals surface area (Å²) in [4.78, 5) is 26.9. The number of hydrogen-bond donors (Lipinski definition) is 1. The fourth-order valence-electron chi connectivity index (χ4n) is 3.38. The third kappa shape index (κ3) is 4.68. The van der Waals surface area contributed by atoms with Crippen molar-refractivity contribution in [3.8, 4) is 11.4 Å². The number of nitrogens with one attached hydrogen (secondary N) is 1. The van der Waals surface area contributed by atoms with E-state index in [4.69, 9.17) is 4.98 Å². The van der Waals surface area contributed by atoms with Crippen LogP contribution in [0.5, 0.6) is 0 Å². The molecule has 3 rings (SSSR count). The van der Waals surface area contributed by atoms with E-state index < -0.39 is 0 Å². The Bertz CT molecular complexity index is 814. The van der Waals surface area contributed by atoms with Gasteiger partial charge in [-0.1, -0.05) is 37.6 Å². The van der Waals surface area contributed by atoms with Crippen LogP contribution in [0.25, 0.3) is 11.4 Å². The predicted molar refractivity (Wildman–Crippen MR) is 114 cm³/mol. The maximum atomic E-state index is 12.9. The highest BCUT2D eigenvalue weighted by molar-refractivity contribution is 5.99. The number of nitrogens with zero attached hydrogens (tertiary/aromatic N) is 4. The molecule has 1 unspecified atom stereocenters. The van der Waals surface area contributed by atoms with E-state index in [1.54, 1.807) is 6.20 Å². The maximum Gasteiger partial charge on any atom is 0.256 e. The molecule has 1 aromatic carbocycles. The van der Waals surface area contributed by atoms with Crippen molar-refractivity contribution in [2.45, 2.75) is 40.2 Å². The fourth-order valence-corrected chi connectivity index (χ4v) is 3.38. The molecule has 28 heavy (non-hydrogen) atoms. The lowest BCUT2D eigenvalue weighted by atomic mass is 10.1. The molecule has 2 heterocycles. The van der Waals surface area contributed by atoms with Crippen molar-refractivity contribution in [1.29, 1.82) is 0 Å². The van der Waals surface area contributed by atoms with Crippen LogP contribution in [0.15, 0.2) is 30.5 Å². The minimum Gasteiger partial charge on any atom is -0.353 e. The zero-order valence-corrected chi connectivity index (χ0v) is 17.4. The molecular formula is C22H31N5O. The lowest BCUT2D eigenvalue weighted by Crippen LogP contribution is -2.47. The van der Waals surface area contributed by atoms with Gasteiger partial charge in [0, 0.05) is 44.0 Å². The van der Waals surface area contributed by atoms with Crippen molar-refractivity contribution in [3.63, 3.8) is 0 Å². The smallest absolute Gasteiger partial charge is 0.256 e. The summed E-state index contributed by atoms with van der Waals surface area (Å²) in [5.41, 5.74) is 2.70. The molecule has 1 N–H and O–H groups in total. The Balaban J connectivity index is 1.96. The minimum atomic E-state index is -0.0990. The highest BCUT2D eigenvalue weighted by Gasteiger charge is 2.24. The molecular weight excluding hydrogens is 350 g/mol. The molecule has 6 nitrogen and oxygen atoms in total. The molecule has 1 aliphatic rings. The number of piperazine rings is 1. The van der Waals surface area contributed by atoms with Crippen LogP contribution in [0.4, 0.5) is 5.82 Å². The van der Waals surface area contributed by atoms with E-state index in [-0.39, 0.29) is 11.9 Å². The van der Waals surface area contributed by atoms with Crippen LogP contribution < -0.4 is 10.2 Å². The Kier molecular flexibility index (Phi) is 6.62. The molecule has 0 saturated carbocycles. The zero-order chi connectivity index (χ0) is 20.1. The second-order valence-electron chi connectivity index (χ2n) is 7.50. The SMILES string of the molecule is CCC(C)NC(=O)c1cnc(-c2cccc(C)c2)nc1N1CCN(CC)CC1. The lowest BCUT2D eigenvalue weighted by molar-refractivity contribution is 0.0939.